The Labute approximate surface area is 189 Å². The molecule has 2 aliphatic rings. The SMILES string of the molecule is Cl.Cl.O=C(CCc1ncc(-c2ccc(Cl)cc2)o1)N1CCC(NCC2CC2)CC1. The number of rotatable bonds is 7. The first-order chi connectivity index (χ1) is 13.2. The van der Waals surface area contributed by atoms with E-state index < -0.39 is 0 Å². The number of carbonyl (C=O) groups excluding carboxylic acids is 1. The number of aromatic nitrogens is 1. The van der Waals surface area contributed by atoms with Crippen molar-refractivity contribution in [2.24, 2.45) is 5.92 Å². The van der Waals surface area contributed by atoms with Crippen LogP contribution in [0, 0.1) is 5.92 Å². The van der Waals surface area contributed by atoms with E-state index in [1.165, 1.54) is 12.8 Å². The number of hydrogen-bond acceptors (Lipinski definition) is 4. The number of nitrogens with one attached hydrogen (secondary N) is 1. The number of amides is 1. The molecule has 2 fully saturated rings. The minimum atomic E-state index is 0. The van der Waals surface area contributed by atoms with Crippen LogP contribution in [-0.4, -0.2) is 41.5 Å². The van der Waals surface area contributed by atoms with Crippen LogP contribution in [0.3, 0.4) is 0 Å². The molecule has 0 spiro atoms. The second kappa shape index (κ2) is 11.2. The van der Waals surface area contributed by atoms with Crippen molar-refractivity contribution in [3.8, 4) is 11.3 Å². The second-order valence-corrected chi connectivity index (χ2v) is 8.07. The zero-order valence-corrected chi connectivity index (χ0v) is 18.7. The summed E-state index contributed by atoms with van der Waals surface area (Å²) in [6, 6.07) is 8.03. The summed E-state index contributed by atoms with van der Waals surface area (Å²) < 4.78 is 5.79. The highest BCUT2D eigenvalue weighted by Crippen LogP contribution is 2.28. The van der Waals surface area contributed by atoms with Crippen LogP contribution in [0.15, 0.2) is 34.9 Å². The van der Waals surface area contributed by atoms with Crippen LogP contribution in [0.2, 0.25) is 5.02 Å². The third-order valence-corrected chi connectivity index (χ3v) is 5.73. The van der Waals surface area contributed by atoms with Crippen molar-refractivity contribution in [1.29, 1.82) is 0 Å². The lowest BCUT2D eigenvalue weighted by Gasteiger charge is -2.32. The van der Waals surface area contributed by atoms with E-state index in [0.29, 0.717) is 35.6 Å². The lowest BCUT2D eigenvalue weighted by molar-refractivity contribution is -0.132. The maximum atomic E-state index is 12.5. The van der Waals surface area contributed by atoms with Gasteiger partial charge in [-0.1, -0.05) is 11.6 Å². The topological polar surface area (TPSA) is 58.4 Å². The van der Waals surface area contributed by atoms with Crippen molar-refractivity contribution in [3.05, 3.63) is 41.4 Å². The number of halogens is 3. The van der Waals surface area contributed by atoms with Crippen molar-refractivity contribution in [1.82, 2.24) is 15.2 Å². The maximum absolute atomic E-state index is 12.5. The molecule has 1 saturated carbocycles. The Morgan fingerprint density at radius 3 is 2.48 bits per heavy atom. The number of carbonyl (C=O) groups is 1. The summed E-state index contributed by atoms with van der Waals surface area (Å²) in [5.41, 5.74) is 0.935. The molecular weight excluding hydrogens is 433 g/mol. The van der Waals surface area contributed by atoms with Crippen LogP contribution < -0.4 is 5.32 Å². The lowest BCUT2D eigenvalue weighted by atomic mass is 10.0. The molecule has 0 unspecified atom stereocenters. The smallest absolute Gasteiger partial charge is 0.223 e. The molecule has 1 amide bonds. The van der Waals surface area contributed by atoms with E-state index in [-0.39, 0.29) is 30.7 Å². The standard InChI is InChI=1S/C21H26ClN3O2.2ClH/c22-17-5-3-16(4-6-17)19-14-24-20(27-19)7-8-21(26)25-11-9-18(10-12-25)23-13-15-1-2-15;;/h3-6,14-15,18,23H,1-2,7-13H2;2*1H. The van der Waals surface area contributed by atoms with E-state index in [4.69, 9.17) is 16.0 Å². The monoisotopic (exact) mass is 459 g/mol. The summed E-state index contributed by atoms with van der Waals surface area (Å²) in [5, 5.41) is 4.34. The Morgan fingerprint density at radius 1 is 1.14 bits per heavy atom. The van der Waals surface area contributed by atoms with E-state index in [2.05, 4.69) is 10.3 Å². The van der Waals surface area contributed by atoms with Crippen molar-refractivity contribution < 1.29 is 9.21 Å². The molecule has 0 bridgehead atoms. The Bertz CT molecular complexity index is 770. The predicted molar refractivity (Wildman–Crippen MR) is 120 cm³/mol. The molecule has 0 radical (unpaired) electrons. The Balaban J connectivity index is 0.00000150. The predicted octanol–water partition coefficient (Wildman–Crippen LogP) is 4.76. The van der Waals surface area contributed by atoms with Gasteiger partial charge in [0, 0.05) is 42.6 Å². The molecule has 4 rings (SSSR count). The van der Waals surface area contributed by atoms with Gasteiger partial charge in [-0.2, -0.15) is 0 Å². The molecule has 2 heterocycles. The molecule has 1 aliphatic heterocycles. The highest BCUT2D eigenvalue weighted by molar-refractivity contribution is 6.30. The zero-order chi connectivity index (χ0) is 18.6. The average molecular weight is 461 g/mol. The molecule has 5 nitrogen and oxygen atoms in total. The minimum Gasteiger partial charge on any atom is -0.441 e. The van der Waals surface area contributed by atoms with Gasteiger partial charge in [0.2, 0.25) is 5.91 Å². The van der Waals surface area contributed by atoms with Gasteiger partial charge in [0.25, 0.3) is 0 Å². The van der Waals surface area contributed by atoms with Gasteiger partial charge in [0.05, 0.1) is 6.20 Å². The third kappa shape index (κ3) is 6.88. The number of likely N-dealkylation sites (tertiary alicyclic amines) is 1. The van der Waals surface area contributed by atoms with Crippen molar-refractivity contribution in [3.63, 3.8) is 0 Å². The molecule has 8 heteroatoms. The number of benzene rings is 1. The first-order valence-electron chi connectivity index (χ1n) is 9.89. The van der Waals surface area contributed by atoms with E-state index in [1.54, 1.807) is 6.20 Å². The highest BCUT2D eigenvalue weighted by atomic mass is 35.5. The lowest BCUT2D eigenvalue weighted by Crippen LogP contribution is -2.45. The number of nitrogens with zero attached hydrogens (tertiary/aromatic N) is 2. The van der Waals surface area contributed by atoms with Gasteiger partial charge >= 0.3 is 0 Å². The molecule has 0 atom stereocenters. The summed E-state index contributed by atoms with van der Waals surface area (Å²) in [6.45, 7) is 2.85. The zero-order valence-electron chi connectivity index (χ0n) is 16.3. The van der Waals surface area contributed by atoms with Crippen molar-refractivity contribution >= 4 is 42.3 Å². The van der Waals surface area contributed by atoms with Crippen LogP contribution in [0.4, 0.5) is 0 Å². The largest absolute Gasteiger partial charge is 0.441 e. The van der Waals surface area contributed by atoms with Gasteiger partial charge < -0.3 is 14.6 Å². The van der Waals surface area contributed by atoms with Crippen LogP contribution in [0.5, 0.6) is 0 Å². The number of aryl methyl sites for hydroxylation is 1. The number of hydrogen-bond donors (Lipinski definition) is 1. The quantitative estimate of drug-likeness (QED) is 0.647. The molecule has 1 aliphatic carbocycles. The van der Waals surface area contributed by atoms with Crippen molar-refractivity contribution in [2.45, 2.75) is 44.6 Å². The van der Waals surface area contributed by atoms with E-state index >= 15 is 0 Å². The Hall–Kier alpha value is -1.27. The van der Waals surface area contributed by atoms with Gasteiger partial charge in [0.1, 0.15) is 0 Å². The van der Waals surface area contributed by atoms with E-state index in [1.807, 2.05) is 29.2 Å². The van der Waals surface area contributed by atoms with Gasteiger partial charge in [-0.3, -0.25) is 4.79 Å². The minimum absolute atomic E-state index is 0. The summed E-state index contributed by atoms with van der Waals surface area (Å²) >= 11 is 5.91. The van der Waals surface area contributed by atoms with Crippen LogP contribution in [0.1, 0.15) is 38.0 Å². The first kappa shape index (κ1) is 24.0. The van der Waals surface area contributed by atoms with Gasteiger partial charge in [0.15, 0.2) is 11.7 Å². The van der Waals surface area contributed by atoms with Gasteiger partial charge in [-0.15, -0.1) is 24.8 Å². The fourth-order valence-electron chi connectivity index (χ4n) is 3.53. The molecule has 160 valence electrons. The van der Waals surface area contributed by atoms with E-state index in [0.717, 1.165) is 44.0 Å². The molecule has 1 saturated heterocycles. The first-order valence-corrected chi connectivity index (χ1v) is 10.3. The molecule has 2 aromatic rings. The average Bonchev–Trinajstić information content (AvgIpc) is 3.41. The molecular formula is C21H28Cl3N3O2. The third-order valence-electron chi connectivity index (χ3n) is 5.47. The van der Waals surface area contributed by atoms with E-state index in [9.17, 15) is 4.79 Å². The number of oxazole rings is 1. The van der Waals surface area contributed by atoms with Crippen LogP contribution >= 0.6 is 36.4 Å². The number of piperidine rings is 1. The summed E-state index contributed by atoms with van der Waals surface area (Å²) in [7, 11) is 0. The highest BCUT2D eigenvalue weighted by Gasteiger charge is 2.26. The molecule has 1 N–H and O–H groups in total. The molecule has 1 aromatic carbocycles. The Kier molecular flexibility index (Phi) is 9.28. The maximum Gasteiger partial charge on any atom is 0.223 e. The Morgan fingerprint density at radius 2 is 1.83 bits per heavy atom. The fraction of sp³-hybridized carbons (Fsp3) is 0.524. The summed E-state index contributed by atoms with van der Waals surface area (Å²) in [5.74, 6) is 2.41. The van der Waals surface area contributed by atoms with Crippen LogP contribution in [-0.2, 0) is 11.2 Å². The fourth-order valence-corrected chi connectivity index (χ4v) is 3.66. The normalized spacial score (nSPS) is 16.8. The summed E-state index contributed by atoms with van der Waals surface area (Å²) in [4.78, 5) is 18.8. The molecule has 1 aromatic heterocycles. The van der Waals surface area contributed by atoms with Gasteiger partial charge in [-0.05, 0) is 62.4 Å². The van der Waals surface area contributed by atoms with Crippen LogP contribution in [0.25, 0.3) is 11.3 Å². The van der Waals surface area contributed by atoms with Crippen molar-refractivity contribution in [2.75, 3.05) is 19.6 Å². The summed E-state index contributed by atoms with van der Waals surface area (Å²) in [6.07, 6.45) is 7.55. The van der Waals surface area contributed by atoms with Gasteiger partial charge in [-0.25, -0.2) is 4.98 Å². The molecule has 29 heavy (non-hydrogen) atoms. The second-order valence-electron chi connectivity index (χ2n) is 7.63.